The fourth-order valence-corrected chi connectivity index (χ4v) is 1.58. The van der Waals surface area contributed by atoms with E-state index in [9.17, 15) is 4.79 Å². The standard InChI is InChI=1S/C11H19N.C7H12O2/c1-2-3-4-5-6-7-8-9-10-11-12;1-3-5-6-9-7(8)4-2/h2H,1,3-10H2;4H,2-3,5-6H2,1H3. The van der Waals surface area contributed by atoms with Gasteiger partial charge in [-0.3, -0.25) is 0 Å². The van der Waals surface area contributed by atoms with Crippen LogP contribution in [-0.4, -0.2) is 12.6 Å². The van der Waals surface area contributed by atoms with Crippen LogP contribution in [-0.2, 0) is 9.53 Å². The number of carbonyl (C=O) groups is 1. The lowest BCUT2D eigenvalue weighted by Crippen LogP contribution is -2.00. The van der Waals surface area contributed by atoms with Gasteiger partial charge < -0.3 is 4.74 Å². The van der Waals surface area contributed by atoms with Crippen LogP contribution >= 0.6 is 0 Å². The topological polar surface area (TPSA) is 50.1 Å². The number of hydrogen-bond donors (Lipinski definition) is 0. The van der Waals surface area contributed by atoms with Crippen LogP contribution in [0.3, 0.4) is 0 Å². The van der Waals surface area contributed by atoms with Gasteiger partial charge in [0, 0.05) is 12.5 Å². The Balaban J connectivity index is 0. The molecule has 0 fully saturated rings. The van der Waals surface area contributed by atoms with Gasteiger partial charge in [0.2, 0.25) is 0 Å². The third-order valence-corrected chi connectivity index (χ3v) is 2.86. The largest absolute Gasteiger partial charge is 0.463 e. The van der Waals surface area contributed by atoms with E-state index in [1.807, 2.05) is 13.0 Å². The normalized spacial score (nSPS) is 8.95. The summed E-state index contributed by atoms with van der Waals surface area (Å²) in [5.41, 5.74) is 0. The van der Waals surface area contributed by atoms with Crippen molar-refractivity contribution in [3.05, 3.63) is 25.3 Å². The Morgan fingerprint density at radius 2 is 1.71 bits per heavy atom. The minimum absolute atomic E-state index is 0.330. The first-order valence-corrected chi connectivity index (χ1v) is 7.99. The average Bonchev–Trinajstić information content (AvgIpc) is 2.51. The number of hydrogen-bond acceptors (Lipinski definition) is 3. The number of esters is 1. The number of nitriles is 1. The van der Waals surface area contributed by atoms with Crippen LogP contribution in [0, 0.1) is 11.3 Å². The molecule has 0 saturated carbocycles. The van der Waals surface area contributed by atoms with Crippen LogP contribution in [0.15, 0.2) is 25.3 Å². The Kier molecular flexibility index (Phi) is 21.5. The molecule has 0 amide bonds. The molecule has 0 saturated heterocycles. The highest BCUT2D eigenvalue weighted by Crippen LogP contribution is 2.08. The third-order valence-electron chi connectivity index (χ3n) is 2.86. The zero-order chi connectivity index (χ0) is 16.2. The molecule has 0 unspecified atom stereocenters. The first-order chi connectivity index (χ1) is 10.2. The number of unbranched alkanes of at least 4 members (excludes halogenated alkanes) is 8. The van der Waals surface area contributed by atoms with Gasteiger partial charge in [-0.05, 0) is 25.7 Å². The molecule has 0 N–H and O–H groups in total. The molecule has 0 aromatic rings. The summed E-state index contributed by atoms with van der Waals surface area (Å²) >= 11 is 0. The number of allylic oxidation sites excluding steroid dienone is 1. The number of rotatable bonds is 12. The Hall–Kier alpha value is -1.56. The fourth-order valence-electron chi connectivity index (χ4n) is 1.58. The van der Waals surface area contributed by atoms with Gasteiger partial charge in [-0.15, -0.1) is 6.58 Å². The van der Waals surface area contributed by atoms with Crippen molar-refractivity contribution in [2.45, 2.75) is 71.1 Å². The van der Waals surface area contributed by atoms with Crippen LogP contribution in [0.5, 0.6) is 0 Å². The van der Waals surface area contributed by atoms with Gasteiger partial charge in [-0.2, -0.15) is 5.26 Å². The zero-order valence-electron chi connectivity index (χ0n) is 13.6. The van der Waals surface area contributed by atoms with Gasteiger partial charge in [0.25, 0.3) is 0 Å². The van der Waals surface area contributed by atoms with Crippen molar-refractivity contribution < 1.29 is 9.53 Å². The maximum atomic E-state index is 10.3. The SMILES string of the molecule is C=CC(=O)OCCCC.C=CCCCCCCCCC#N. The highest BCUT2D eigenvalue weighted by molar-refractivity contribution is 5.81. The van der Waals surface area contributed by atoms with E-state index in [2.05, 4.69) is 24.0 Å². The van der Waals surface area contributed by atoms with Crippen molar-refractivity contribution in [3.8, 4) is 6.07 Å². The molecular weight excluding hydrogens is 262 g/mol. The molecule has 3 nitrogen and oxygen atoms in total. The summed E-state index contributed by atoms with van der Waals surface area (Å²) < 4.78 is 4.67. The molecule has 0 bridgehead atoms. The van der Waals surface area contributed by atoms with Gasteiger partial charge in [0.15, 0.2) is 0 Å². The molecule has 0 rings (SSSR count). The third kappa shape index (κ3) is 23.9. The molecule has 0 aromatic heterocycles. The van der Waals surface area contributed by atoms with Crippen LogP contribution < -0.4 is 0 Å². The summed E-state index contributed by atoms with van der Waals surface area (Å²) in [5.74, 6) is -0.330. The quantitative estimate of drug-likeness (QED) is 0.211. The van der Waals surface area contributed by atoms with Crippen molar-refractivity contribution in [1.29, 1.82) is 5.26 Å². The summed E-state index contributed by atoms with van der Waals surface area (Å²) in [7, 11) is 0. The summed E-state index contributed by atoms with van der Waals surface area (Å²) in [5, 5.41) is 8.28. The van der Waals surface area contributed by atoms with Crippen LogP contribution in [0.25, 0.3) is 0 Å². The summed E-state index contributed by atoms with van der Waals surface area (Å²) in [6, 6.07) is 2.17. The number of nitrogens with zero attached hydrogens (tertiary/aromatic N) is 1. The van der Waals surface area contributed by atoms with Crippen LogP contribution in [0.1, 0.15) is 71.1 Å². The average molecular weight is 293 g/mol. The molecule has 0 spiro atoms. The van der Waals surface area contributed by atoms with E-state index in [1.54, 1.807) is 0 Å². The van der Waals surface area contributed by atoms with Crippen LogP contribution in [0.2, 0.25) is 0 Å². The van der Waals surface area contributed by atoms with E-state index in [0.717, 1.165) is 32.1 Å². The second-order valence-electron chi connectivity index (χ2n) is 4.83. The van der Waals surface area contributed by atoms with E-state index in [0.29, 0.717) is 6.61 Å². The van der Waals surface area contributed by atoms with Crippen molar-refractivity contribution in [2.75, 3.05) is 6.61 Å². The lowest BCUT2D eigenvalue weighted by Gasteiger charge is -1.97. The maximum absolute atomic E-state index is 10.3. The predicted molar refractivity (Wildman–Crippen MR) is 88.8 cm³/mol. The van der Waals surface area contributed by atoms with E-state index in [1.165, 1.54) is 38.2 Å². The molecule has 0 aliphatic carbocycles. The highest BCUT2D eigenvalue weighted by Gasteiger charge is 1.91. The molecule has 0 aliphatic heterocycles. The highest BCUT2D eigenvalue weighted by atomic mass is 16.5. The molecule has 0 atom stereocenters. The van der Waals surface area contributed by atoms with E-state index >= 15 is 0 Å². The minimum atomic E-state index is -0.330. The number of carbonyl (C=O) groups excluding carboxylic acids is 1. The van der Waals surface area contributed by atoms with Gasteiger partial charge in [-0.1, -0.05) is 51.7 Å². The maximum Gasteiger partial charge on any atom is 0.330 e. The van der Waals surface area contributed by atoms with Gasteiger partial charge >= 0.3 is 5.97 Å². The molecular formula is C18H31NO2. The lowest BCUT2D eigenvalue weighted by atomic mass is 10.1. The minimum Gasteiger partial charge on any atom is -0.463 e. The molecule has 120 valence electrons. The van der Waals surface area contributed by atoms with Crippen LogP contribution in [0.4, 0.5) is 0 Å². The smallest absolute Gasteiger partial charge is 0.330 e. The second-order valence-corrected chi connectivity index (χ2v) is 4.83. The van der Waals surface area contributed by atoms with E-state index in [-0.39, 0.29) is 5.97 Å². The molecule has 21 heavy (non-hydrogen) atoms. The zero-order valence-corrected chi connectivity index (χ0v) is 13.6. The Morgan fingerprint density at radius 3 is 2.24 bits per heavy atom. The monoisotopic (exact) mass is 293 g/mol. The molecule has 0 aromatic carbocycles. The second kappa shape index (κ2) is 20.8. The Morgan fingerprint density at radius 1 is 1.10 bits per heavy atom. The Labute approximate surface area is 130 Å². The van der Waals surface area contributed by atoms with E-state index in [4.69, 9.17) is 5.26 Å². The fraction of sp³-hybridized carbons (Fsp3) is 0.667. The van der Waals surface area contributed by atoms with Gasteiger partial charge in [-0.25, -0.2) is 4.79 Å². The first kappa shape index (κ1) is 21.7. The van der Waals surface area contributed by atoms with E-state index < -0.39 is 0 Å². The van der Waals surface area contributed by atoms with Gasteiger partial charge in [0.05, 0.1) is 12.7 Å². The molecule has 0 aliphatic rings. The summed E-state index contributed by atoms with van der Waals surface area (Å²) in [4.78, 5) is 10.3. The lowest BCUT2D eigenvalue weighted by molar-refractivity contribution is -0.137. The van der Waals surface area contributed by atoms with Crippen molar-refractivity contribution >= 4 is 5.97 Å². The van der Waals surface area contributed by atoms with Gasteiger partial charge in [0.1, 0.15) is 0 Å². The summed E-state index contributed by atoms with van der Waals surface area (Å²) in [6.07, 6.45) is 14.5. The molecule has 3 heteroatoms. The predicted octanol–water partition coefficient (Wildman–Crippen LogP) is 5.33. The van der Waals surface area contributed by atoms with Crippen molar-refractivity contribution in [3.63, 3.8) is 0 Å². The molecule has 0 radical (unpaired) electrons. The summed E-state index contributed by atoms with van der Waals surface area (Å²) in [6.45, 7) is 9.51. The number of ether oxygens (including phenoxy) is 1. The Bertz CT molecular complexity index is 292. The first-order valence-electron chi connectivity index (χ1n) is 7.99. The van der Waals surface area contributed by atoms with Crippen molar-refractivity contribution in [1.82, 2.24) is 0 Å². The molecule has 0 heterocycles. The van der Waals surface area contributed by atoms with Crippen molar-refractivity contribution in [2.24, 2.45) is 0 Å².